The lowest BCUT2D eigenvalue weighted by atomic mass is 9.98. The molecule has 0 N–H and O–H groups in total. The minimum Gasteiger partial charge on any atom is -0.368 e. The van der Waals surface area contributed by atoms with E-state index in [1.807, 2.05) is 0 Å². The Hall–Kier alpha value is -0.300. The molecule has 1 fully saturated rings. The van der Waals surface area contributed by atoms with E-state index in [-0.39, 0.29) is 0 Å². The predicted octanol–water partition coefficient (Wildman–Crippen LogP) is 1.89. The average Bonchev–Trinajstić information content (AvgIpc) is 2.71. The van der Waals surface area contributed by atoms with Crippen LogP contribution < -0.4 is 0 Å². The molecule has 1 atom stereocenters. The summed E-state index contributed by atoms with van der Waals surface area (Å²) in [5.41, 5.74) is 1.57. The first-order valence-electron chi connectivity index (χ1n) is 3.77. The Bertz CT molecular complexity index is 134. The van der Waals surface area contributed by atoms with Crippen molar-refractivity contribution < 1.29 is 4.74 Å². The fourth-order valence-electron chi connectivity index (χ4n) is 1.42. The number of hydrogen-bond acceptors (Lipinski definition) is 1. The molecule has 0 radical (unpaired) electrons. The summed E-state index contributed by atoms with van der Waals surface area (Å²) >= 11 is 0. The Morgan fingerprint density at radius 3 is 2.89 bits per heavy atom. The second kappa shape index (κ2) is 2.14. The van der Waals surface area contributed by atoms with Crippen molar-refractivity contribution in [2.24, 2.45) is 0 Å². The summed E-state index contributed by atoms with van der Waals surface area (Å²) in [5.74, 6) is 0. The molecular formula is C8H12O. The quantitative estimate of drug-likeness (QED) is 0.384. The summed E-state index contributed by atoms with van der Waals surface area (Å²) in [6, 6.07) is 0. The minimum atomic E-state index is 0.547. The molecule has 1 aliphatic carbocycles. The summed E-state index contributed by atoms with van der Waals surface area (Å²) in [5, 5.41) is 0. The van der Waals surface area contributed by atoms with Crippen molar-refractivity contribution in [2.75, 3.05) is 6.61 Å². The molecule has 0 unspecified atom stereocenters. The van der Waals surface area contributed by atoms with Gasteiger partial charge in [0.05, 0.1) is 6.61 Å². The third-order valence-corrected chi connectivity index (χ3v) is 2.07. The molecule has 50 valence electrons. The summed E-state index contributed by atoms with van der Waals surface area (Å²) in [6.07, 6.45) is 8.26. The average molecular weight is 124 g/mol. The molecule has 0 aromatic rings. The highest BCUT2D eigenvalue weighted by atomic mass is 16.6. The highest BCUT2D eigenvalue weighted by Gasteiger charge is 2.27. The van der Waals surface area contributed by atoms with Crippen molar-refractivity contribution in [1.82, 2.24) is 0 Å². The van der Waals surface area contributed by atoms with Gasteiger partial charge in [0, 0.05) is 0 Å². The molecule has 0 aromatic carbocycles. The van der Waals surface area contributed by atoms with Crippen molar-refractivity contribution in [2.45, 2.75) is 31.8 Å². The Labute approximate surface area is 55.7 Å². The maximum absolute atomic E-state index is 5.18. The SMILES string of the molecule is C1=C([C@H]2CO2)CCCC1. The Morgan fingerprint density at radius 1 is 1.44 bits per heavy atom. The van der Waals surface area contributed by atoms with E-state index in [1.165, 1.54) is 25.7 Å². The molecule has 1 saturated heterocycles. The van der Waals surface area contributed by atoms with Crippen LogP contribution in [0.5, 0.6) is 0 Å². The number of hydrogen-bond donors (Lipinski definition) is 0. The summed E-state index contributed by atoms with van der Waals surface area (Å²) in [4.78, 5) is 0. The molecule has 0 aromatic heterocycles. The van der Waals surface area contributed by atoms with Crippen LogP contribution in [0, 0.1) is 0 Å². The number of allylic oxidation sites excluding steroid dienone is 1. The zero-order chi connectivity index (χ0) is 6.10. The van der Waals surface area contributed by atoms with Gasteiger partial charge >= 0.3 is 0 Å². The lowest BCUT2D eigenvalue weighted by molar-refractivity contribution is 0.423. The third-order valence-electron chi connectivity index (χ3n) is 2.07. The van der Waals surface area contributed by atoms with E-state index < -0.39 is 0 Å². The topological polar surface area (TPSA) is 12.5 Å². The van der Waals surface area contributed by atoms with Crippen molar-refractivity contribution in [3.63, 3.8) is 0 Å². The largest absolute Gasteiger partial charge is 0.368 e. The molecule has 0 saturated carbocycles. The van der Waals surface area contributed by atoms with Crippen molar-refractivity contribution in [3.8, 4) is 0 Å². The van der Waals surface area contributed by atoms with E-state index in [4.69, 9.17) is 4.74 Å². The van der Waals surface area contributed by atoms with Crippen LogP contribution in [0.1, 0.15) is 25.7 Å². The Balaban J connectivity index is 1.99. The molecule has 0 amide bonds. The van der Waals surface area contributed by atoms with Gasteiger partial charge in [-0.25, -0.2) is 0 Å². The van der Waals surface area contributed by atoms with Crippen molar-refractivity contribution in [3.05, 3.63) is 11.6 Å². The monoisotopic (exact) mass is 124 g/mol. The summed E-state index contributed by atoms with van der Waals surface area (Å²) in [7, 11) is 0. The summed E-state index contributed by atoms with van der Waals surface area (Å²) in [6.45, 7) is 0.992. The van der Waals surface area contributed by atoms with Crippen LogP contribution in [0.2, 0.25) is 0 Å². The lowest BCUT2D eigenvalue weighted by Gasteiger charge is -2.08. The van der Waals surface area contributed by atoms with Gasteiger partial charge in [-0.05, 0) is 31.3 Å². The number of epoxide rings is 1. The van der Waals surface area contributed by atoms with Gasteiger partial charge < -0.3 is 4.74 Å². The van der Waals surface area contributed by atoms with Gasteiger partial charge in [-0.1, -0.05) is 6.08 Å². The van der Waals surface area contributed by atoms with E-state index in [2.05, 4.69) is 6.08 Å². The number of ether oxygens (including phenoxy) is 1. The Kier molecular flexibility index (Phi) is 1.31. The molecule has 1 heterocycles. The molecular weight excluding hydrogens is 112 g/mol. The van der Waals surface area contributed by atoms with Crippen LogP contribution in [0.3, 0.4) is 0 Å². The second-order valence-corrected chi connectivity index (χ2v) is 2.85. The fourth-order valence-corrected chi connectivity index (χ4v) is 1.42. The zero-order valence-corrected chi connectivity index (χ0v) is 5.60. The van der Waals surface area contributed by atoms with Gasteiger partial charge in [-0.2, -0.15) is 0 Å². The zero-order valence-electron chi connectivity index (χ0n) is 5.60. The van der Waals surface area contributed by atoms with Crippen LogP contribution in [-0.2, 0) is 4.74 Å². The molecule has 9 heavy (non-hydrogen) atoms. The van der Waals surface area contributed by atoms with E-state index in [9.17, 15) is 0 Å². The first kappa shape index (κ1) is 5.48. The van der Waals surface area contributed by atoms with Gasteiger partial charge in [-0.15, -0.1) is 0 Å². The van der Waals surface area contributed by atoms with Crippen molar-refractivity contribution >= 4 is 0 Å². The molecule has 1 aliphatic heterocycles. The molecule has 0 spiro atoms. The highest BCUT2D eigenvalue weighted by molar-refractivity contribution is 5.14. The minimum absolute atomic E-state index is 0.547. The van der Waals surface area contributed by atoms with E-state index in [1.54, 1.807) is 5.57 Å². The molecule has 2 aliphatic rings. The maximum Gasteiger partial charge on any atom is 0.102 e. The predicted molar refractivity (Wildman–Crippen MR) is 36.3 cm³/mol. The van der Waals surface area contributed by atoms with Crippen LogP contribution in [0.4, 0.5) is 0 Å². The first-order valence-corrected chi connectivity index (χ1v) is 3.77. The maximum atomic E-state index is 5.18. The highest BCUT2D eigenvalue weighted by Crippen LogP contribution is 2.28. The first-order chi connectivity index (χ1) is 4.47. The molecule has 1 nitrogen and oxygen atoms in total. The van der Waals surface area contributed by atoms with Gasteiger partial charge in [0.2, 0.25) is 0 Å². The Morgan fingerprint density at radius 2 is 2.33 bits per heavy atom. The van der Waals surface area contributed by atoms with Crippen LogP contribution in [0.15, 0.2) is 11.6 Å². The van der Waals surface area contributed by atoms with Gasteiger partial charge in [0.1, 0.15) is 6.10 Å². The number of rotatable bonds is 1. The fraction of sp³-hybridized carbons (Fsp3) is 0.750. The second-order valence-electron chi connectivity index (χ2n) is 2.85. The van der Waals surface area contributed by atoms with E-state index in [0.717, 1.165) is 6.61 Å². The van der Waals surface area contributed by atoms with Crippen LogP contribution >= 0.6 is 0 Å². The van der Waals surface area contributed by atoms with E-state index >= 15 is 0 Å². The van der Waals surface area contributed by atoms with Crippen LogP contribution in [0.25, 0.3) is 0 Å². The van der Waals surface area contributed by atoms with Gasteiger partial charge in [0.15, 0.2) is 0 Å². The van der Waals surface area contributed by atoms with E-state index in [0.29, 0.717) is 6.10 Å². The van der Waals surface area contributed by atoms with Gasteiger partial charge in [0.25, 0.3) is 0 Å². The standard InChI is InChI=1S/C8H12O/c1-2-4-7(5-3-1)8-6-9-8/h4,8H,1-3,5-6H2/t8-/m1/s1. The third kappa shape index (κ3) is 1.16. The van der Waals surface area contributed by atoms with Gasteiger partial charge in [-0.3, -0.25) is 0 Å². The van der Waals surface area contributed by atoms with Crippen molar-refractivity contribution in [1.29, 1.82) is 0 Å². The smallest absolute Gasteiger partial charge is 0.102 e. The summed E-state index contributed by atoms with van der Waals surface area (Å²) < 4.78 is 5.18. The molecule has 2 rings (SSSR count). The van der Waals surface area contributed by atoms with Crippen LogP contribution in [-0.4, -0.2) is 12.7 Å². The molecule has 1 heteroatoms. The molecule has 0 bridgehead atoms. The lowest BCUT2D eigenvalue weighted by Crippen LogP contribution is -1.97. The normalized spacial score (nSPS) is 33.8.